The molecule has 0 saturated heterocycles. The van der Waals surface area contributed by atoms with Crippen LogP contribution in [0.3, 0.4) is 0 Å². The van der Waals surface area contributed by atoms with Crippen LogP contribution < -0.4 is 9.62 Å². The first-order valence-electron chi connectivity index (χ1n) is 10.1. The van der Waals surface area contributed by atoms with E-state index in [4.69, 9.17) is 10.00 Å². The van der Waals surface area contributed by atoms with Crippen molar-refractivity contribution in [2.75, 3.05) is 22.8 Å². The molecule has 3 rings (SSSR count). The fraction of sp³-hybridized carbons (Fsp3) is 0.125. The normalized spacial score (nSPS) is 10.7. The van der Waals surface area contributed by atoms with Gasteiger partial charge in [-0.3, -0.25) is 9.52 Å². The Balaban J connectivity index is 1.73. The lowest BCUT2D eigenvalue weighted by atomic mass is 10.2. The van der Waals surface area contributed by atoms with Crippen LogP contribution in [0.1, 0.15) is 16.8 Å². The van der Waals surface area contributed by atoms with Gasteiger partial charge in [-0.05, 0) is 48.5 Å². The van der Waals surface area contributed by atoms with Gasteiger partial charge in [0.2, 0.25) is 0 Å². The number of carbonyl (C=O) groups excluding carboxylic acids is 2. The van der Waals surface area contributed by atoms with Crippen LogP contribution >= 0.6 is 0 Å². The van der Waals surface area contributed by atoms with Crippen molar-refractivity contribution in [2.45, 2.75) is 11.3 Å². The van der Waals surface area contributed by atoms with Gasteiger partial charge in [0.1, 0.15) is 5.82 Å². The third kappa shape index (κ3) is 6.17. The molecule has 3 aromatic rings. The third-order valence-electron chi connectivity index (χ3n) is 4.66. The summed E-state index contributed by atoms with van der Waals surface area (Å²) in [5.41, 5.74) is 0.379. The second kappa shape index (κ2) is 11.1. The van der Waals surface area contributed by atoms with E-state index in [9.17, 15) is 22.4 Å². The number of sulfonamides is 1. The van der Waals surface area contributed by atoms with Crippen LogP contribution in [0, 0.1) is 17.1 Å². The number of hydrogen-bond acceptors (Lipinski definition) is 6. The van der Waals surface area contributed by atoms with Crippen LogP contribution in [0.4, 0.5) is 15.8 Å². The van der Waals surface area contributed by atoms with Crippen molar-refractivity contribution < 1.29 is 27.1 Å². The lowest BCUT2D eigenvalue weighted by molar-refractivity contribution is -0.121. The number of carbonyl (C=O) groups is 2. The Bertz CT molecular complexity index is 1310. The van der Waals surface area contributed by atoms with E-state index in [2.05, 4.69) is 4.72 Å². The molecule has 0 aliphatic rings. The van der Waals surface area contributed by atoms with E-state index in [1.54, 1.807) is 30.3 Å². The number of ether oxygens (including phenoxy) is 1. The van der Waals surface area contributed by atoms with E-state index in [1.165, 1.54) is 29.2 Å². The van der Waals surface area contributed by atoms with E-state index < -0.39 is 34.3 Å². The zero-order valence-electron chi connectivity index (χ0n) is 17.8. The number of amides is 1. The molecule has 0 bridgehead atoms. The van der Waals surface area contributed by atoms with Crippen LogP contribution in [0.2, 0.25) is 0 Å². The fourth-order valence-corrected chi connectivity index (χ4v) is 4.10. The molecule has 0 radical (unpaired) electrons. The molecule has 174 valence electrons. The van der Waals surface area contributed by atoms with Crippen LogP contribution in [0.25, 0.3) is 0 Å². The molecule has 0 aliphatic carbocycles. The first-order chi connectivity index (χ1) is 16.3. The van der Waals surface area contributed by atoms with Gasteiger partial charge in [0.15, 0.2) is 6.61 Å². The van der Waals surface area contributed by atoms with Gasteiger partial charge in [-0.25, -0.2) is 17.6 Å². The lowest BCUT2D eigenvalue weighted by Crippen LogP contribution is -2.35. The minimum absolute atomic E-state index is 0.0614. The van der Waals surface area contributed by atoms with Gasteiger partial charge in [-0.2, -0.15) is 5.26 Å². The molecule has 0 heterocycles. The monoisotopic (exact) mass is 481 g/mol. The number of nitrogens with one attached hydrogen (secondary N) is 1. The van der Waals surface area contributed by atoms with Crippen molar-refractivity contribution >= 4 is 33.3 Å². The Labute approximate surface area is 196 Å². The molecule has 1 N–H and O–H groups in total. The number of anilines is 2. The van der Waals surface area contributed by atoms with Gasteiger partial charge in [-0.1, -0.05) is 30.3 Å². The average molecular weight is 482 g/mol. The molecule has 1 amide bonds. The number of nitrogens with zero attached hydrogens (tertiary/aromatic N) is 2. The number of esters is 1. The smallest absolute Gasteiger partial charge is 0.340 e. The molecule has 0 fully saturated rings. The number of halogens is 1. The summed E-state index contributed by atoms with van der Waals surface area (Å²) < 4.78 is 45.8. The first kappa shape index (κ1) is 24.4. The SMILES string of the molecule is N#CCCN(C(=O)COC(=O)c1ccccc1NS(=O)(=O)c1ccc(F)cc1)c1ccccc1. The minimum Gasteiger partial charge on any atom is -0.452 e. The minimum atomic E-state index is -4.11. The molecular weight excluding hydrogens is 461 g/mol. The summed E-state index contributed by atoms with van der Waals surface area (Å²) in [5, 5.41) is 8.88. The van der Waals surface area contributed by atoms with Gasteiger partial charge >= 0.3 is 5.97 Å². The predicted octanol–water partition coefficient (Wildman–Crippen LogP) is 3.73. The average Bonchev–Trinajstić information content (AvgIpc) is 2.84. The molecule has 0 aliphatic heterocycles. The highest BCUT2D eigenvalue weighted by molar-refractivity contribution is 7.92. The largest absolute Gasteiger partial charge is 0.452 e. The summed E-state index contributed by atoms with van der Waals surface area (Å²) in [7, 11) is -4.11. The Morgan fingerprint density at radius 1 is 0.971 bits per heavy atom. The highest BCUT2D eigenvalue weighted by Gasteiger charge is 2.22. The van der Waals surface area contributed by atoms with Crippen LogP contribution in [-0.2, 0) is 19.6 Å². The molecule has 3 aromatic carbocycles. The van der Waals surface area contributed by atoms with Crippen molar-refractivity contribution in [3.63, 3.8) is 0 Å². The van der Waals surface area contributed by atoms with Gasteiger partial charge in [-0.15, -0.1) is 0 Å². The topological polar surface area (TPSA) is 117 Å². The first-order valence-corrected chi connectivity index (χ1v) is 11.6. The maximum Gasteiger partial charge on any atom is 0.340 e. The second-order valence-corrected chi connectivity index (χ2v) is 8.65. The van der Waals surface area contributed by atoms with E-state index in [1.807, 2.05) is 6.07 Å². The van der Waals surface area contributed by atoms with E-state index >= 15 is 0 Å². The molecule has 0 saturated carbocycles. The van der Waals surface area contributed by atoms with Gasteiger partial charge in [0, 0.05) is 12.2 Å². The van der Waals surface area contributed by atoms with Gasteiger partial charge in [0.05, 0.1) is 28.6 Å². The van der Waals surface area contributed by atoms with Crippen LogP contribution in [0.5, 0.6) is 0 Å². The Kier molecular flexibility index (Phi) is 7.95. The third-order valence-corrected chi connectivity index (χ3v) is 6.04. The van der Waals surface area contributed by atoms with Crippen molar-refractivity contribution in [1.29, 1.82) is 5.26 Å². The molecular formula is C24H20FN3O5S. The molecule has 0 aromatic heterocycles. The summed E-state index contributed by atoms with van der Waals surface area (Å²) in [6.45, 7) is -0.497. The number of benzene rings is 3. The van der Waals surface area contributed by atoms with E-state index in [0.29, 0.717) is 5.69 Å². The Morgan fingerprint density at radius 3 is 2.29 bits per heavy atom. The maximum atomic E-state index is 13.1. The van der Waals surface area contributed by atoms with Crippen LogP contribution in [-0.4, -0.2) is 33.4 Å². The van der Waals surface area contributed by atoms with Gasteiger partial charge in [0.25, 0.3) is 15.9 Å². The van der Waals surface area contributed by atoms with Crippen LogP contribution in [0.15, 0.2) is 83.8 Å². The molecule has 8 nitrogen and oxygen atoms in total. The Morgan fingerprint density at radius 2 is 1.62 bits per heavy atom. The molecule has 34 heavy (non-hydrogen) atoms. The Hall–Kier alpha value is -4.23. The summed E-state index contributed by atoms with van der Waals surface area (Å²) in [4.78, 5) is 26.5. The van der Waals surface area contributed by atoms with Crippen molar-refractivity contribution in [1.82, 2.24) is 0 Å². The number of rotatable bonds is 9. The quantitative estimate of drug-likeness (QED) is 0.466. The van der Waals surface area contributed by atoms with E-state index in [0.717, 1.165) is 24.3 Å². The number of hydrogen-bond donors (Lipinski definition) is 1. The second-order valence-electron chi connectivity index (χ2n) is 6.97. The van der Waals surface area contributed by atoms with Crippen molar-refractivity contribution in [2.24, 2.45) is 0 Å². The highest BCUT2D eigenvalue weighted by atomic mass is 32.2. The van der Waals surface area contributed by atoms with Crippen molar-refractivity contribution in [3.8, 4) is 6.07 Å². The van der Waals surface area contributed by atoms with Gasteiger partial charge < -0.3 is 9.64 Å². The highest BCUT2D eigenvalue weighted by Crippen LogP contribution is 2.21. The summed E-state index contributed by atoms with van der Waals surface area (Å²) in [6, 6.07) is 20.5. The number of nitriles is 1. The molecule has 0 atom stereocenters. The molecule has 0 unspecified atom stereocenters. The summed E-state index contributed by atoms with van der Waals surface area (Å²) in [6.07, 6.45) is 0.0859. The summed E-state index contributed by atoms with van der Waals surface area (Å²) >= 11 is 0. The predicted molar refractivity (Wildman–Crippen MR) is 123 cm³/mol. The maximum absolute atomic E-state index is 13.1. The lowest BCUT2D eigenvalue weighted by Gasteiger charge is -2.21. The standard InChI is InChI=1S/C24H20FN3O5S/c25-18-11-13-20(14-12-18)34(31,32)27-22-10-5-4-9-21(22)24(30)33-17-23(29)28(16-6-15-26)19-7-2-1-3-8-19/h1-5,7-14,27H,6,16-17H2. The van der Waals surface area contributed by atoms with Crippen molar-refractivity contribution in [3.05, 3.63) is 90.2 Å². The summed E-state index contributed by atoms with van der Waals surface area (Å²) in [5.74, 6) is -2.05. The zero-order valence-corrected chi connectivity index (χ0v) is 18.7. The number of para-hydroxylation sites is 2. The molecule has 0 spiro atoms. The van der Waals surface area contributed by atoms with E-state index in [-0.39, 0.29) is 29.1 Å². The molecule has 10 heteroatoms. The zero-order chi connectivity index (χ0) is 24.6. The fourth-order valence-electron chi connectivity index (χ4n) is 3.02.